The van der Waals surface area contributed by atoms with Gasteiger partial charge in [-0.15, -0.1) is 0 Å². The molecule has 0 bridgehead atoms. The standard InChI is InChI=1S/C19H16N2O2/c22-19(23)15-6-3-4-13-12-21(11-9-14(13)15)18-8-10-20-17-7-2-1-5-16(17)18/h1-8,10H,9,11-12H2,(H,22,23). The van der Waals surface area contributed by atoms with Gasteiger partial charge in [0.15, 0.2) is 0 Å². The van der Waals surface area contributed by atoms with Crippen LogP contribution >= 0.6 is 0 Å². The predicted octanol–water partition coefficient (Wildman–Crippen LogP) is 3.50. The van der Waals surface area contributed by atoms with Gasteiger partial charge in [0, 0.05) is 30.4 Å². The number of carbonyl (C=O) groups is 1. The fourth-order valence-electron chi connectivity index (χ4n) is 3.37. The molecule has 1 N–H and O–H groups in total. The third kappa shape index (κ3) is 2.32. The van der Waals surface area contributed by atoms with Crippen molar-refractivity contribution < 1.29 is 9.90 Å². The van der Waals surface area contributed by atoms with Gasteiger partial charge in [-0.2, -0.15) is 0 Å². The monoisotopic (exact) mass is 304 g/mol. The van der Waals surface area contributed by atoms with Crippen molar-refractivity contribution in [3.63, 3.8) is 0 Å². The van der Waals surface area contributed by atoms with Crippen LogP contribution < -0.4 is 4.90 Å². The first-order chi connectivity index (χ1) is 11.2. The lowest BCUT2D eigenvalue weighted by molar-refractivity contribution is 0.0695. The maximum atomic E-state index is 11.4. The first-order valence-electron chi connectivity index (χ1n) is 7.67. The molecule has 1 aromatic heterocycles. The minimum Gasteiger partial charge on any atom is -0.478 e. The third-order valence-electron chi connectivity index (χ3n) is 4.46. The van der Waals surface area contributed by atoms with E-state index in [-0.39, 0.29) is 0 Å². The number of nitrogens with zero attached hydrogens (tertiary/aromatic N) is 2. The van der Waals surface area contributed by atoms with Crippen LogP contribution in [0.5, 0.6) is 0 Å². The van der Waals surface area contributed by atoms with E-state index in [9.17, 15) is 9.90 Å². The van der Waals surface area contributed by atoms with Crippen molar-refractivity contribution in [1.29, 1.82) is 0 Å². The van der Waals surface area contributed by atoms with E-state index in [0.29, 0.717) is 5.56 Å². The summed E-state index contributed by atoms with van der Waals surface area (Å²) in [5.74, 6) is -0.843. The molecule has 4 heteroatoms. The van der Waals surface area contributed by atoms with Crippen LogP contribution in [-0.2, 0) is 13.0 Å². The van der Waals surface area contributed by atoms with Crippen LogP contribution in [0.25, 0.3) is 10.9 Å². The van der Waals surface area contributed by atoms with E-state index >= 15 is 0 Å². The first kappa shape index (κ1) is 13.8. The summed E-state index contributed by atoms with van der Waals surface area (Å²) in [6, 6.07) is 15.7. The summed E-state index contributed by atoms with van der Waals surface area (Å²) in [7, 11) is 0. The van der Waals surface area contributed by atoms with Crippen LogP contribution in [0.15, 0.2) is 54.7 Å². The molecular weight excluding hydrogens is 288 g/mol. The van der Waals surface area contributed by atoms with E-state index in [1.54, 1.807) is 6.07 Å². The maximum Gasteiger partial charge on any atom is 0.335 e. The summed E-state index contributed by atoms with van der Waals surface area (Å²) >= 11 is 0. The summed E-state index contributed by atoms with van der Waals surface area (Å²) in [6.07, 6.45) is 2.58. The number of hydrogen-bond acceptors (Lipinski definition) is 3. The Morgan fingerprint density at radius 1 is 1.09 bits per heavy atom. The van der Waals surface area contributed by atoms with E-state index in [1.807, 2.05) is 42.6 Å². The second kappa shape index (κ2) is 5.39. The van der Waals surface area contributed by atoms with Crippen LogP contribution in [0.2, 0.25) is 0 Å². The minimum atomic E-state index is -0.843. The summed E-state index contributed by atoms with van der Waals surface area (Å²) in [4.78, 5) is 18.1. The smallest absolute Gasteiger partial charge is 0.335 e. The van der Waals surface area contributed by atoms with Crippen molar-refractivity contribution in [3.05, 3.63) is 71.4 Å². The van der Waals surface area contributed by atoms with Gasteiger partial charge in [0.25, 0.3) is 0 Å². The summed E-state index contributed by atoms with van der Waals surface area (Å²) < 4.78 is 0. The van der Waals surface area contributed by atoms with Gasteiger partial charge in [-0.3, -0.25) is 4.98 Å². The summed E-state index contributed by atoms with van der Waals surface area (Å²) in [5.41, 5.74) is 4.63. The van der Waals surface area contributed by atoms with Gasteiger partial charge in [0.05, 0.1) is 11.1 Å². The number of pyridine rings is 1. The molecule has 0 saturated heterocycles. The van der Waals surface area contributed by atoms with Crippen molar-refractivity contribution in [2.24, 2.45) is 0 Å². The van der Waals surface area contributed by atoms with Crippen molar-refractivity contribution >= 4 is 22.6 Å². The zero-order valence-corrected chi connectivity index (χ0v) is 12.6. The topological polar surface area (TPSA) is 53.4 Å². The second-order valence-corrected chi connectivity index (χ2v) is 5.77. The lowest BCUT2D eigenvalue weighted by Gasteiger charge is -2.32. The van der Waals surface area contributed by atoms with Gasteiger partial charge in [0.2, 0.25) is 0 Å². The quantitative estimate of drug-likeness (QED) is 0.787. The molecule has 0 aliphatic carbocycles. The third-order valence-corrected chi connectivity index (χ3v) is 4.46. The number of carboxylic acids is 1. The Morgan fingerprint density at radius 2 is 1.96 bits per heavy atom. The molecule has 3 aromatic rings. The zero-order chi connectivity index (χ0) is 15.8. The molecular formula is C19H16N2O2. The number of aromatic carboxylic acids is 1. The average Bonchev–Trinajstić information content (AvgIpc) is 2.60. The lowest BCUT2D eigenvalue weighted by atomic mass is 9.94. The van der Waals surface area contributed by atoms with Crippen molar-refractivity contribution in [1.82, 2.24) is 4.98 Å². The van der Waals surface area contributed by atoms with Gasteiger partial charge >= 0.3 is 5.97 Å². The molecule has 2 aromatic carbocycles. The summed E-state index contributed by atoms with van der Waals surface area (Å²) in [6.45, 7) is 1.54. The van der Waals surface area contributed by atoms with Crippen LogP contribution in [0.3, 0.4) is 0 Å². The second-order valence-electron chi connectivity index (χ2n) is 5.77. The average molecular weight is 304 g/mol. The molecule has 4 nitrogen and oxygen atoms in total. The number of hydrogen-bond donors (Lipinski definition) is 1. The van der Waals surface area contributed by atoms with Crippen molar-refractivity contribution in [2.45, 2.75) is 13.0 Å². The normalized spacial score (nSPS) is 13.8. The molecule has 1 aliphatic rings. The van der Waals surface area contributed by atoms with E-state index < -0.39 is 5.97 Å². The lowest BCUT2D eigenvalue weighted by Crippen LogP contribution is -2.31. The van der Waals surface area contributed by atoms with E-state index in [1.165, 1.54) is 0 Å². The van der Waals surface area contributed by atoms with Gasteiger partial charge in [-0.25, -0.2) is 4.79 Å². The maximum absolute atomic E-state index is 11.4. The molecule has 0 amide bonds. The van der Waals surface area contributed by atoms with E-state index in [4.69, 9.17) is 0 Å². The number of para-hydroxylation sites is 1. The van der Waals surface area contributed by atoms with Gasteiger partial charge in [-0.1, -0.05) is 30.3 Å². The number of benzene rings is 2. The number of fused-ring (bicyclic) bond motifs is 2. The zero-order valence-electron chi connectivity index (χ0n) is 12.6. The Kier molecular flexibility index (Phi) is 3.23. The molecule has 0 radical (unpaired) electrons. The van der Waals surface area contributed by atoms with E-state index in [2.05, 4.69) is 16.0 Å². The number of rotatable bonds is 2. The van der Waals surface area contributed by atoms with Gasteiger partial charge in [0.1, 0.15) is 0 Å². The van der Waals surface area contributed by atoms with Gasteiger partial charge < -0.3 is 10.0 Å². The van der Waals surface area contributed by atoms with Crippen molar-refractivity contribution in [3.8, 4) is 0 Å². The van der Waals surface area contributed by atoms with Gasteiger partial charge in [-0.05, 0) is 35.7 Å². The largest absolute Gasteiger partial charge is 0.478 e. The van der Waals surface area contributed by atoms with Crippen LogP contribution in [0.1, 0.15) is 21.5 Å². The SMILES string of the molecule is O=C(O)c1cccc2c1CCN(c1ccnc3ccccc13)C2. The Bertz CT molecular complexity index is 900. The highest BCUT2D eigenvalue weighted by atomic mass is 16.4. The fraction of sp³-hybridized carbons (Fsp3) is 0.158. The number of carboxylic acid groups (broad SMARTS) is 1. The Hall–Kier alpha value is -2.88. The molecule has 114 valence electrons. The minimum absolute atomic E-state index is 0.432. The van der Waals surface area contributed by atoms with Crippen LogP contribution in [0.4, 0.5) is 5.69 Å². The number of aromatic nitrogens is 1. The molecule has 0 unspecified atom stereocenters. The van der Waals surface area contributed by atoms with Crippen LogP contribution in [-0.4, -0.2) is 22.6 Å². The first-order valence-corrected chi connectivity index (χ1v) is 7.67. The highest BCUT2D eigenvalue weighted by Gasteiger charge is 2.22. The van der Waals surface area contributed by atoms with Crippen molar-refractivity contribution in [2.75, 3.05) is 11.4 Å². The predicted molar refractivity (Wildman–Crippen MR) is 89.9 cm³/mol. The molecule has 0 atom stereocenters. The molecule has 0 saturated carbocycles. The highest BCUT2D eigenvalue weighted by molar-refractivity contribution is 5.92. The fourth-order valence-corrected chi connectivity index (χ4v) is 3.37. The molecule has 2 heterocycles. The molecule has 1 aliphatic heterocycles. The molecule has 0 fully saturated rings. The molecule has 4 rings (SSSR count). The summed E-state index contributed by atoms with van der Waals surface area (Å²) in [5, 5.41) is 10.5. The van der Waals surface area contributed by atoms with E-state index in [0.717, 1.165) is 47.2 Å². The Morgan fingerprint density at radius 3 is 2.83 bits per heavy atom. The molecule has 23 heavy (non-hydrogen) atoms. The Labute approximate surface area is 134 Å². The number of anilines is 1. The Balaban J connectivity index is 1.76. The highest BCUT2D eigenvalue weighted by Crippen LogP contribution is 2.30. The van der Waals surface area contributed by atoms with Crippen LogP contribution in [0, 0.1) is 0 Å². The molecule has 0 spiro atoms.